The van der Waals surface area contributed by atoms with E-state index in [-0.39, 0.29) is 0 Å². The van der Waals surface area contributed by atoms with Gasteiger partial charge in [-0.05, 0) is 55.4 Å². The highest BCUT2D eigenvalue weighted by atomic mass is 79.9. The van der Waals surface area contributed by atoms with E-state index in [2.05, 4.69) is 22.0 Å². The minimum Gasteiger partial charge on any atom is -0.496 e. The third-order valence-electron chi connectivity index (χ3n) is 3.22. The molecule has 0 heterocycles. The van der Waals surface area contributed by atoms with Gasteiger partial charge in [0.05, 0.1) is 7.11 Å². The lowest BCUT2D eigenvalue weighted by Crippen LogP contribution is -2.22. The molecule has 1 aliphatic rings. The van der Waals surface area contributed by atoms with Gasteiger partial charge in [-0.15, -0.1) is 0 Å². The summed E-state index contributed by atoms with van der Waals surface area (Å²) in [6.07, 6.45) is 4.69. The molecule has 0 aliphatic heterocycles. The summed E-state index contributed by atoms with van der Waals surface area (Å²) < 4.78 is 6.45. The number of aryl methyl sites for hydroxylation is 1. The van der Waals surface area contributed by atoms with Gasteiger partial charge >= 0.3 is 0 Å². The SMILES string of the molecule is COc1ccc(Br)cc1CCC(N)C1CC1. The van der Waals surface area contributed by atoms with Gasteiger partial charge in [-0.25, -0.2) is 0 Å². The fourth-order valence-electron chi connectivity index (χ4n) is 2.02. The molecule has 16 heavy (non-hydrogen) atoms. The summed E-state index contributed by atoms with van der Waals surface area (Å²) in [4.78, 5) is 0. The van der Waals surface area contributed by atoms with E-state index in [1.54, 1.807) is 7.11 Å². The largest absolute Gasteiger partial charge is 0.496 e. The Labute approximate surface area is 105 Å². The maximum absolute atomic E-state index is 6.10. The fraction of sp³-hybridized carbons (Fsp3) is 0.538. The van der Waals surface area contributed by atoms with Crippen LogP contribution in [0.4, 0.5) is 0 Å². The molecule has 2 rings (SSSR count). The van der Waals surface area contributed by atoms with Crippen molar-refractivity contribution in [2.24, 2.45) is 11.7 Å². The van der Waals surface area contributed by atoms with E-state index < -0.39 is 0 Å². The van der Waals surface area contributed by atoms with Crippen molar-refractivity contribution < 1.29 is 4.74 Å². The lowest BCUT2D eigenvalue weighted by atomic mass is 10.0. The lowest BCUT2D eigenvalue weighted by molar-refractivity contribution is 0.407. The van der Waals surface area contributed by atoms with Crippen molar-refractivity contribution in [1.82, 2.24) is 0 Å². The number of ether oxygens (including phenoxy) is 1. The molecule has 3 heteroatoms. The van der Waals surface area contributed by atoms with Gasteiger partial charge in [-0.2, -0.15) is 0 Å². The van der Waals surface area contributed by atoms with E-state index >= 15 is 0 Å². The predicted molar refractivity (Wildman–Crippen MR) is 69.7 cm³/mol. The van der Waals surface area contributed by atoms with E-state index in [1.165, 1.54) is 18.4 Å². The molecule has 1 saturated carbocycles. The molecule has 1 unspecified atom stereocenters. The van der Waals surface area contributed by atoms with Crippen LogP contribution in [0.1, 0.15) is 24.8 Å². The van der Waals surface area contributed by atoms with Crippen LogP contribution in [0.15, 0.2) is 22.7 Å². The second kappa shape index (κ2) is 5.19. The van der Waals surface area contributed by atoms with Crippen molar-refractivity contribution in [2.75, 3.05) is 7.11 Å². The Balaban J connectivity index is 1.98. The zero-order valence-electron chi connectivity index (χ0n) is 9.58. The number of benzene rings is 1. The molecule has 0 saturated heterocycles. The minimum absolute atomic E-state index is 0.365. The quantitative estimate of drug-likeness (QED) is 0.901. The number of methoxy groups -OCH3 is 1. The first kappa shape index (κ1) is 11.9. The summed E-state index contributed by atoms with van der Waals surface area (Å²) >= 11 is 3.49. The van der Waals surface area contributed by atoms with Crippen molar-refractivity contribution in [2.45, 2.75) is 31.7 Å². The van der Waals surface area contributed by atoms with Crippen molar-refractivity contribution >= 4 is 15.9 Å². The summed E-state index contributed by atoms with van der Waals surface area (Å²) in [5, 5.41) is 0. The van der Waals surface area contributed by atoms with Gasteiger partial charge in [0, 0.05) is 10.5 Å². The molecule has 0 spiro atoms. The summed E-state index contributed by atoms with van der Waals surface area (Å²) in [6.45, 7) is 0. The Kier molecular flexibility index (Phi) is 3.87. The molecule has 2 nitrogen and oxygen atoms in total. The molecule has 1 aromatic carbocycles. The van der Waals surface area contributed by atoms with Gasteiger partial charge in [0.15, 0.2) is 0 Å². The normalized spacial score (nSPS) is 17.2. The molecule has 2 N–H and O–H groups in total. The predicted octanol–water partition coefficient (Wildman–Crippen LogP) is 3.13. The molecular formula is C13H18BrNO. The van der Waals surface area contributed by atoms with Gasteiger partial charge in [0.2, 0.25) is 0 Å². The van der Waals surface area contributed by atoms with E-state index in [0.29, 0.717) is 6.04 Å². The first-order valence-electron chi connectivity index (χ1n) is 5.78. The Hall–Kier alpha value is -0.540. The third kappa shape index (κ3) is 2.98. The second-order valence-electron chi connectivity index (χ2n) is 4.50. The first-order valence-corrected chi connectivity index (χ1v) is 6.58. The summed E-state index contributed by atoms with van der Waals surface area (Å²) in [5.74, 6) is 1.74. The Bertz CT molecular complexity index is 363. The van der Waals surface area contributed by atoms with Crippen LogP contribution in [-0.2, 0) is 6.42 Å². The Morgan fingerprint density at radius 2 is 2.25 bits per heavy atom. The molecular weight excluding hydrogens is 266 g/mol. The van der Waals surface area contributed by atoms with Crippen LogP contribution in [0.25, 0.3) is 0 Å². The number of rotatable bonds is 5. The first-order chi connectivity index (χ1) is 7.70. The maximum Gasteiger partial charge on any atom is 0.122 e. The summed E-state index contributed by atoms with van der Waals surface area (Å²) in [7, 11) is 1.72. The van der Waals surface area contributed by atoms with Crippen molar-refractivity contribution in [3.05, 3.63) is 28.2 Å². The van der Waals surface area contributed by atoms with Crippen molar-refractivity contribution in [3.63, 3.8) is 0 Å². The van der Waals surface area contributed by atoms with Gasteiger partial charge in [0.1, 0.15) is 5.75 Å². The molecule has 1 aromatic rings. The minimum atomic E-state index is 0.365. The highest BCUT2D eigenvalue weighted by Gasteiger charge is 2.28. The highest BCUT2D eigenvalue weighted by molar-refractivity contribution is 9.10. The highest BCUT2D eigenvalue weighted by Crippen LogP contribution is 2.34. The number of nitrogens with two attached hydrogens (primary N) is 1. The molecule has 1 aliphatic carbocycles. The fourth-order valence-corrected chi connectivity index (χ4v) is 2.43. The smallest absolute Gasteiger partial charge is 0.122 e. The monoisotopic (exact) mass is 283 g/mol. The van der Waals surface area contributed by atoms with Crippen LogP contribution >= 0.6 is 15.9 Å². The van der Waals surface area contributed by atoms with E-state index in [1.807, 2.05) is 12.1 Å². The summed E-state index contributed by atoms with van der Waals surface area (Å²) in [5.41, 5.74) is 7.35. The van der Waals surface area contributed by atoms with Crippen LogP contribution in [0.3, 0.4) is 0 Å². The molecule has 88 valence electrons. The number of hydrogen-bond donors (Lipinski definition) is 1. The standard InChI is InChI=1S/C13H18BrNO/c1-16-13-7-5-11(14)8-10(13)4-6-12(15)9-2-3-9/h5,7-9,12H,2-4,6,15H2,1H3. The Morgan fingerprint density at radius 3 is 2.88 bits per heavy atom. The van der Waals surface area contributed by atoms with E-state index in [0.717, 1.165) is 29.0 Å². The van der Waals surface area contributed by atoms with Crippen LogP contribution in [0.5, 0.6) is 5.75 Å². The molecule has 1 fully saturated rings. The van der Waals surface area contributed by atoms with Gasteiger partial charge < -0.3 is 10.5 Å². The third-order valence-corrected chi connectivity index (χ3v) is 3.71. The zero-order chi connectivity index (χ0) is 11.5. The average Bonchev–Trinajstić information content (AvgIpc) is 3.10. The van der Waals surface area contributed by atoms with Crippen molar-refractivity contribution in [3.8, 4) is 5.75 Å². The molecule has 0 aromatic heterocycles. The topological polar surface area (TPSA) is 35.2 Å². The van der Waals surface area contributed by atoms with Gasteiger partial charge in [0.25, 0.3) is 0 Å². The molecule has 0 radical (unpaired) electrons. The van der Waals surface area contributed by atoms with Crippen LogP contribution in [0.2, 0.25) is 0 Å². The van der Waals surface area contributed by atoms with Gasteiger partial charge in [-0.3, -0.25) is 0 Å². The molecule has 0 amide bonds. The van der Waals surface area contributed by atoms with Crippen LogP contribution in [-0.4, -0.2) is 13.2 Å². The average molecular weight is 284 g/mol. The molecule has 0 bridgehead atoms. The van der Waals surface area contributed by atoms with E-state index in [9.17, 15) is 0 Å². The zero-order valence-corrected chi connectivity index (χ0v) is 11.2. The Morgan fingerprint density at radius 1 is 1.50 bits per heavy atom. The number of halogens is 1. The van der Waals surface area contributed by atoms with Crippen LogP contribution in [0, 0.1) is 5.92 Å². The van der Waals surface area contributed by atoms with Crippen LogP contribution < -0.4 is 10.5 Å². The number of hydrogen-bond acceptors (Lipinski definition) is 2. The van der Waals surface area contributed by atoms with E-state index in [4.69, 9.17) is 10.5 Å². The molecule has 1 atom stereocenters. The second-order valence-corrected chi connectivity index (χ2v) is 5.41. The van der Waals surface area contributed by atoms with Crippen molar-refractivity contribution in [1.29, 1.82) is 0 Å². The van der Waals surface area contributed by atoms with Gasteiger partial charge in [-0.1, -0.05) is 15.9 Å². The summed E-state index contributed by atoms with van der Waals surface area (Å²) in [6, 6.07) is 6.49. The maximum atomic E-state index is 6.10. The lowest BCUT2D eigenvalue weighted by Gasteiger charge is -2.12.